The molecule has 4 fully saturated rings. The largest absolute Gasteiger partial charge is 0.469 e. The fourth-order valence-corrected chi connectivity index (χ4v) is 7.82. The zero-order valence-corrected chi connectivity index (χ0v) is 15.3. The third-order valence-electron chi connectivity index (χ3n) is 9.07. The van der Waals surface area contributed by atoms with Crippen molar-refractivity contribution < 1.29 is 9.53 Å². The van der Waals surface area contributed by atoms with Crippen molar-refractivity contribution in [3.63, 3.8) is 0 Å². The van der Waals surface area contributed by atoms with Crippen molar-refractivity contribution in [1.29, 1.82) is 0 Å². The molecule has 0 aromatic carbocycles. The van der Waals surface area contributed by atoms with Crippen LogP contribution in [0, 0.1) is 40.4 Å². The van der Waals surface area contributed by atoms with Gasteiger partial charge in [0.1, 0.15) is 0 Å². The van der Waals surface area contributed by atoms with Gasteiger partial charge in [-0.2, -0.15) is 0 Å². The maximum atomic E-state index is 12.3. The van der Waals surface area contributed by atoms with Crippen LogP contribution in [-0.4, -0.2) is 13.1 Å². The molecule has 0 aliphatic heterocycles. The van der Waals surface area contributed by atoms with Gasteiger partial charge in [0, 0.05) is 0 Å². The minimum Gasteiger partial charge on any atom is -0.469 e. The van der Waals surface area contributed by atoms with Gasteiger partial charge in [-0.1, -0.05) is 26.7 Å². The first-order chi connectivity index (χ1) is 11.0. The molecule has 0 amide bonds. The Morgan fingerprint density at radius 3 is 2.43 bits per heavy atom. The average molecular weight is 319 g/mol. The number of hydrogen-bond donors (Lipinski definition) is 0. The molecular weight excluding hydrogens is 284 g/mol. The minimum atomic E-state index is 0.0611. The number of methoxy groups -OCH3 is 1. The van der Waals surface area contributed by atoms with Crippen LogP contribution in [0.15, 0.2) is 0 Å². The van der Waals surface area contributed by atoms with Gasteiger partial charge in [-0.25, -0.2) is 0 Å². The first kappa shape index (κ1) is 16.0. The van der Waals surface area contributed by atoms with E-state index in [1.807, 2.05) is 0 Å². The first-order valence-corrected chi connectivity index (χ1v) is 10.1. The molecule has 0 N–H and O–H groups in total. The van der Waals surface area contributed by atoms with Gasteiger partial charge in [0.2, 0.25) is 0 Å². The van der Waals surface area contributed by atoms with Crippen LogP contribution in [0.3, 0.4) is 0 Å². The standard InChI is InChI=1S/C21H34O2/c1-20-12-5-4-6-14(20)7-8-15-16-9-10-18(19(22)23-3)21(16,2)13-11-17(15)20/h14-18H,4-13H2,1-3H3/t14-,15+,16-,17+,18+,20+,21+/m1/s1. The zero-order chi connectivity index (χ0) is 16.2. The Bertz CT molecular complexity index is 486. The lowest BCUT2D eigenvalue weighted by molar-refractivity contribution is -0.155. The van der Waals surface area contributed by atoms with Gasteiger partial charge >= 0.3 is 5.97 Å². The molecule has 0 bridgehead atoms. The first-order valence-electron chi connectivity index (χ1n) is 10.1. The lowest BCUT2D eigenvalue weighted by atomic mass is 9.45. The molecule has 23 heavy (non-hydrogen) atoms. The summed E-state index contributed by atoms with van der Waals surface area (Å²) >= 11 is 0. The lowest BCUT2D eigenvalue weighted by Crippen LogP contribution is -2.53. The topological polar surface area (TPSA) is 26.3 Å². The van der Waals surface area contributed by atoms with E-state index in [1.165, 1.54) is 57.8 Å². The van der Waals surface area contributed by atoms with Crippen LogP contribution in [-0.2, 0) is 9.53 Å². The lowest BCUT2D eigenvalue weighted by Gasteiger charge is -2.60. The van der Waals surface area contributed by atoms with Crippen molar-refractivity contribution in [1.82, 2.24) is 0 Å². The smallest absolute Gasteiger partial charge is 0.309 e. The second-order valence-electron chi connectivity index (χ2n) is 9.60. The van der Waals surface area contributed by atoms with Crippen molar-refractivity contribution >= 4 is 5.97 Å². The average Bonchev–Trinajstić information content (AvgIpc) is 2.91. The summed E-state index contributed by atoms with van der Waals surface area (Å²) in [7, 11) is 1.57. The normalized spacial score (nSPS) is 52.2. The van der Waals surface area contributed by atoms with Gasteiger partial charge in [-0.15, -0.1) is 0 Å². The maximum Gasteiger partial charge on any atom is 0.309 e. The highest BCUT2D eigenvalue weighted by Crippen LogP contribution is 2.67. The summed E-state index contributed by atoms with van der Waals surface area (Å²) in [6.07, 6.45) is 13.7. The molecule has 2 heteroatoms. The molecule has 4 rings (SSSR count). The van der Waals surface area contributed by atoms with E-state index in [9.17, 15) is 4.79 Å². The Labute approximate surface area is 141 Å². The van der Waals surface area contributed by atoms with Crippen LogP contribution >= 0.6 is 0 Å². The van der Waals surface area contributed by atoms with Crippen LogP contribution in [0.4, 0.5) is 0 Å². The molecule has 4 aliphatic rings. The molecule has 0 aromatic heterocycles. The second kappa shape index (κ2) is 5.49. The third-order valence-corrected chi connectivity index (χ3v) is 9.07. The van der Waals surface area contributed by atoms with Crippen LogP contribution in [0.5, 0.6) is 0 Å². The van der Waals surface area contributed by atoms with Crippen molar-refractivity contribution in [3.8, 4) is 0 Å². The van der Waals surface area contributed by atoms with Crippen LogP contribution < -0.4 is 0 Å². The Morgan fingerprint density at radius 1 is 0.870 bits per heavy atom. The fourth-order valence-electron chi connectivity index (χ4n) is 7.82. The molecule has 0 heterocycles. The molecule has 130 valence electrons. The Hall–Kier alpha value is -0.530. The Balaban J connectivity index is 1.61. The third kappa shape index (κ3) is 2.15. The molecule has 4 aliphatic carbocycles. The van der Waals surface area contributed by atoms with Gasteiger partial charge in [0.25, 0.3) is 0 Å². The number of ether oxygens (including phenoxy) is 1. The predicted octanol–water partition coefficient (Wildman–Crippen LogP) is 5.21. The summed E-state index contributed by atoms with van der Waals surface area (Å²) in [6.45, 7) is 5.04. The molecule has 2 nitrogen and oxygen atoms in total. The van der Waals surface area contributed by atoms with E-state index >= 15 is 0 Å². The van der Waals surface area contributed by atoms with Gasteiger partial charge in [-0.3, -0.25) is 4.79 Å². The van der Waals surface area contributed by atoms with E-state index in [0.29, 0.717) is 5.41 Å². The van der Waals surface area contributed by atoms with E-state index in [2.05, 4.69) is 13.8 Å². The molecular formula is C21H34O2. The van der Waals surface area contributed by atoms with Crippen LogP contribution in [0.25, 0.3) is 0 Å². The van der Waals surface area contributed by atoms with Crippen molar-refractivity contribution in [2.75, 3.05) is 7.11 Å². The van der Waals surface area contributed by atoms with E-state index in [1.54, 1.807) is 7.11 Å². The van der Waals surface area contributed by atoms with Gasteiger partial charge in [0.15, 0.2) is 0 Å². The summed E-state index contributed by atoms with van der Waals surface area (Å²) in [4.78, 5) is 12.3. The van der Waals surface area contributed by atoms with Crippen molar-refractivity contribution in [2.24, 2.45) is 40.4 Å². The fraction of sp³-hybridized carbons (Fsp3) is 0.952. The molecule has 4 saturated carbocycles. The number of esters is 1. The summed E-state index contributed by atoms with van der Waals surface area (Å²) in [6, 6.07) is 0. The number of fused-ring (bicyclic) bond motifs is 5. The molecule has 0 radical (unpaired) electrons. The van der Waals surface area contributed by atoms with Crippen molar-refractivity contribution in [3.05, 3.63) is 0 Å². The van der Waals surface area contributed by atoms with E-state index in [0.717, 1.165) is 30.1 Å². The molecule has 7 atom stereocenters. The van der Waals surface area contributed by atoms with Crippen LogP contribution in [0.1, 0.15) is 78.1 Å². The Kier molecular flexibility index (Phi) is 3.81. The SMILES string of the molecule is COC(=O)[C@@H]1CC[C@@H]2[C@@H]3CC[C@H]4CCCC[C@]4(C)[C@H]3CC[C@@]21C. The van der Waals surface area contributed by atoms with Crippen LogP contribution in [0.2, 0.25) is 0 Å². The quantitative estimate of drug-likeness (QED) is 0.620. The second-order valence-corrected chi connectivity index (χ2v) is 9.60. The molecule has 0 spiro atoms. The highest BCUT2D eigenvalue weighted by Gasteiger charge is 2.61. The van der Waals surface area contributed by atoms with Gasteiger partial charge < -0.3 is 4.74 Å². The zero-order valence-electron chi connectivity index (χ0n) is 15.3. The van der Waals surface area contributed by atoms with Gasteiger partial charge in [-0.05, 0) is 85.9 Å². The van der Waals surface area contributed by atoms with Gasteiger partial charge in [0.05, 0.1) is 13.0 Å². The maximum absolute atomic E-state index is 12.3. The predicted molar refractivity (Wildman–Crippen MR) is 91.9 cm³/mol. The summed E-state index contributed by atoms with van der Waals surface area (Å²) in [5, 5.41) is 0. The highest BCUT2D eigenvalue weighted by molar-refractivity contribution is 5.73. The molecule has 0 saturated heterocycles. The molecule has 0 unspecified atom stereocenters. The number of carbonyl (C=O) groups excluding carboxylic acids is 1. The number of hydrogen-bond acceptors (Lipinski definition) is 2. The Morgan fingerprint density at radius 2 is 1.65 bits per heavy atom. The monoisotopic (exact) mass is 318 g/mol. The number of rotatable bonds is 1. The van der Waals surface area contributed by atoms with E-state index in [-0.39, 0.29) is 17.3 Å². The van der Waals surface area contributed by atoms with Crippen molar-refractivity contribution in [2.45, 2.75) is 78.1 Å². The summed E-state index contributed by atoms with van der Waals surface area (Å²) in [5.74, 6) is 3.78. The summed E-state index contributed by atoms with van der Waals surface area (Å²) < 4.78 is 5.15. The highest BCUT2D eigenvalue weighted by atomic mass is 16.5. The van der Waals surface area contributed by atoms with E-state index in [4.69, 9.17) is 4.74 Å². The molecule has 0 aromatic rings. The van der Waals surface area contributed by atoms with E-state index < -0.39 is 0 Å². The summed E-state index contributed by atoms with van der Waals surface area (Å²) in [5.41, 5.74) is 0.817. The minimum absolute atomic E-state index is 0.0611. The number of carbonyl (C=O) groups is 1.